The first-order chi connectivity index (χ1) is 12.1. The van der Waals surface area contributed by atoms with E-state index in [9.17, 15) is 4.79 Å². The second kappa shape index (κ2) is 6.42. The van der Waals surface area contributed by atoms with Gasteiger partial charge in [0.15, 0.2) is 0 Å². The van der Waals surface area contributed by atoms with Crippen LogP contribution in [-0.4, -0.2) is 27.4 Å². The van der Waals surface area contributed by atoms with Crippen molar-refractivity contribution in [2.24, 2.45) is 0 Å². The molecular weight excluding hydrogens is 404 g/mol. The molecule has 5 nitrogen and oxygen atoms in total. The highest BCUT2D eigenvalue weighted by molar-refractivity contribution is 9.10. The van der Waals surface area contributed by atoms with Crippen molar-refractivity contribution < 1.29 is 4.79 Å². The molecule has 0 saturated carbocycles. The Bertz CT molecular complexity index is 985. The maximum Gasteiger partial charge on any atom is 0.258 e. The molecule has 2 aromatic carbocycles. The fourth-order valence-corrected chi connectivity index (χ4v) is 4.33. The third-order valence-electron chi connectivity index (χ3n) is 4.51. The fourth-order valence-electron chi connectivity index (χ4n) is 3.35. The molecule has 0 atom stereocenters. The summed E-state index contributed by atoms with van der Waals surface area (Å²) < 4.78 is 2.75. The maximum atomic E-state index is 13.1. The number of amides is 1. The molecule has 0 fully saturated rings. The molecule has 0 saturated heterocycles. The number of carbonyl (C=O) groups excluding carboxylic acids is 1. The standard InChI is InChI=1S/C18H16BrClN4O/c1-2-24-16-6-5-12(9-15(16)21-22-24)18(25)23-7-3-4-11-8-13(19)10-14(20)17(11)23/h5-6,8-10H,2-4,7H2,1H3. The molecule has 25 heavy (non-hydrogen) atoms. The number of hydrogen-bond acceptors (Lipinski definition) is 3. The number of anilines is 1. The molecule has 3 aromatic rings. The second-order valence-electron chi connectivity index (χ2n) is 6.06. The number of rotatable bonds is 2. The zero-order valence-corrected chi connectivity index (χ0v) is 16.0. The fraction of sp³-hybridized carbons (Fsp3) is 0.278. The summed E-state index contributed by atoms with van der Waals surface area (Å²) in [5.41, 5.74) is 4.17. The molecule has 1 amide bonds. The lowest BCUT2D eigenvalue weighted by molar-refractivity contribution is 0.0985. The summed E-state index contributed by atoms with van der Waals surface area (Å²) in [6, 6.07) is 9.41. The van der Waals surface area contributed by atoms with Crippen LogP contribution in [0.3, 0.4) is 0 Å². The summed E-state index contributed by atoms with van der Waals surface area (Å²) in [5.74, 6) is -0.0573. The molecule has 1 aliphatic heterocycles. The number of carbonyl (C=O) groups is 1. The Morgan fingerprint density at radius 2 is 2.16 bits per heavy atom. The molecule has 0 N–H and O–H groups in total. The van der Waals surface area contributed by atoms with Gasteiger partial charge < -0.3 is 4.90 Å². The van der Waals surface area contributed by atoms with Crippen molar-refractivity contribution in [2.45, 2.75) is 26.3 Å². The van der Waals surface area contributed by atoms with E-state index in [1.807, 2.05) is 35.9 Å². The smallest absolute Gasteiger partial charge is 0.258 e. The van der Waals surface area contributed by atoms with Crippen molar-refractivity contribution in [3.63, 3.8) is 0 Å². The largest absolute Gasteiger partial charge is 0.307 e. The number of hydrogen-bond donors (Lipinski definition) is 0. The monoisotopic (exact) mass is 418 g/mol. The first kappa shape index (κ1) is 16.5. The Balaban J connectivity index is 1.75. The van der Waals surface area contributed by atoms with Crippen LogP contribution in [0.15, 0.2) is 34.8 Å². The van der Waals surface area contributed by atoms with E-state index >= 15 is 0 Å². The van der Waals surface area contributed by atoms with Crippen molar-refractivity contribution in [1.29, 1.82) is 0 Å². The molecule has 0 aliphatic carbocycles. The first-order valence-corrected chi connectivity index (χ1v) is 9.38. The minimum absolute atomic E-state index is 0.0573. The van der Waals surface area contributed by atoms with Crippen LogP contribution in [0.4, 0.5) is 5.69 Å². The van der Waals surface area contributed by atoms with Gasteiger partial charge in [-0.1, -0.05) is 32.7 Å². The van der Waals surface area contributed by atoms with Gasteiger partial charge in [0.05, 0.1) is 16.2 Å². The Kier molecular flexibility index (Phi) is 4.25. The molecular formula is C18H16BrClN4O. The maximum absolute atomic E-state index is 13.1. The number of nitrogens with zero attached hydrogens (tertiary/aromatic N) is 4. The number of aryl methyl sites for hydroxylation is 2. The van der Waals surface area contributed by atoms with Gasteiger partial charge in [-0.15, -0.1) is 5.10 Å². The van der Waals surface area contributed by atoms with Crippen molar-refractivity contribution in [1.82, 2.24) is 15.0 Å². The molecule has 4 rings (SSSR count). The molecule has 128 valence electrons. The first-order valence-electron chi connectivity index (χ1n) is 8.21. The quantitative estimate of drug-likeness (QED) is 0.616. The Hall–Kier alpha value is -1.92. The number of halogens is 2. The van der Waals surface area contributed by atoms with Crippen LogP contribution >= 0.6 is 27.5 Å². The predicted molar refractivity (Wildman–Crippen MR) is 102 cm³/mol. The van der Waals surface area contributed by atoms with Gasteiger partial charge >= 0.3 is 0 Å². The summed E-state index contributed by atoms with van der Waals surface area (Å²) in [4.78, 5) is 14.9. The SMILES string of the molecule is CCn1nnc2cc(C(=O)N3CCCc4cc(Br)cc(Cl)c43)ccc21. The van der Waals surface area contributed by atoms with Crippen molar-refractivity contribution in [2.75, 3.05) is 11.4 Å². The Labute approximate surface area is 158 Å². The highest BCUT2D eigenvalue weighted by Crippen LogP contribution is 2.37. The number of aromatic nitrogens is 3. The minimum Gasteiger partial charge on any atom is -0.307 e. The highest BCUT2D eigenvalue weighted by atomic mass is 79.9. The summed E-state index contributed by atoms with van der Waals surface area (Å²) in [7, 11) is 0. The van der Waals surface area contributed by atoms with Gasteiger partial charge in [0.2, 0.25) is 0 Å². The molecule has 0 bridgehead atoms. The van der Waals surface area contributed by atoms with Gasteiger partial charge in [-0.2, -0.15) is 0 Å². The van der Waals surface area contributed by atoms with E-state index < -0.39 is 0 Å². The average Bonchev–Trinajstić information content (AvgIpc) is 3.02. The second-order valence-corrected chi connectivity index (χ2v) is 7.39. The van der Waals surface area contributed by atoms with Gasteiger partial charge in [0.1, 0.15) is 5.52 Å². The van der Waals surface area contributed by atoms with E-state index in [0.717, 1.165) is 46.1 Å². The van der Waals surface area contributed by atoms with E-state index in [1.165, 1.54) is 0 Å². The zero-order chi connectivity index (χ0) is 17.6. The lowest BCUT2D eigenvalue weighted by atomic mass is 10.0. The van der Waals surface area contributed by atoms with Gasteiger partial charge in [-0.3, -0.25) is 4.79 Å². The van der Waals surface area contributed by atoms with Gasteiger partial charge in [-0.05, 0) is 55.7 Å². The van der Waals surface area contributed by atoms with Crippen LogP contribution in [0.1, 0.15) is 29.3 Å². The molecule has 0 spiro atoms. The van der Waals surface area contributed by atoms with Crippen molar-refractivity contribution in [3.8, 4) is 0 Å². The zero-order valence-electron chi connectivity index (χ0n) is 13.7. The van der Waals surface area contributed by atoms with E-state index in [0.29, 0.717) is 17.1 Å². The number of fused-ring (bicyclic) bond motifs is 2. The third kappa shape index (κ3) is 2.83. The highest BCUT2D eigenvalue weighted by Gasteiger charge is 2.26. The molecule has 0 unspecified atom stereocenters. The Morgan fingerprint density at radius 1 is 1.32 bits per heavy atom. The van der Waals surface area contributed by atoms with E-state index in [2.05, 4.69) is 26.2 Å². The summed E-state index contributed by atoms with van der Waals surface area (Å²) >= 11 is 9.92. The Morgan fingerprint density at radius 3 is 2.96 bits per heavy atom. The lowest BCUT2D eigenvalue weighted by Gasteiger charge is -2.30. The molecule has 7 heteroatoms. The van der Waals surface area contributed by atoms with E-state index in [-0.39, 0.29) is 5.91 Å². The lowest BCUT2D eigenvalue weighted by Crippen LogP contribution is -2.35. The van der Waals surface area contributed by atoms with Crippen LogP contribution in [0, 0.1) is 0 Å². The van der Waals surface area contributed by atoms with Crippen molar-refractivity contribution in [3.05, 3.63) is 51.0 Å². The van der Waals surface area contributed by atoms with E-state index in [1.54, 1.807) is 11.0 Å². The van der Waals surface area contributed by atoms with Gasteiger partial charge in [-0.25, -0.2) is 4.68 Å². The average molecular weight is 420 g/mol. The topological polar surface area (TPSA) is 51.0 Å². The van der Waals surface area contributed by atoms with E-state index in [4.69, 9.17) is 11.6 Å². The summed E-state index contributed by atoms with van der Waals surface area (Å²) in [5, 5.41) is 8.86. The molecule has 0 radical (unpaired) electrons. The molecule has 1 aliphatic rings. The minimum atomic E-state index is -0.0573. The van der Waals surface area contributed by atoms with Crippen molar-refractivity contribution >= 4 is 50.2 Å². The molecule has 2 heterocycles. The number of benzene rings is 2. The predicted octanol–water partition coefficient (Wildman–Crippen LogP) is 4.46. The summed E-state index contributed by atoms with van der Waals surface area (Å²) in [6.07, 6.45) is 1.84. The molecule has 1 aromatic heterocycles. The van der Waals surface area contributed by atoms with Gasteiger partial charge in [0.25, 0.3) is 5.91 Å². The van der Waals surface area contributed by atoms with Crippen LogP contribution in [0.25, 0.3) is 11.0 Å². The van der Waals surface area contributed by atoms with Crippen LogP contribution in [0.2, 0.25) is 5.02 Å². The van der Waals surface area contributed by atoms with Crippen LogP contribution in [0.5, 0.6) is 0 Å². The normalized spacial score (nSPS) is 14.0. The van der Waals surface area contributed by atoms with Crippen LogP contribution in [-0.2, 0) is 13.0 Å². The van der Waals surface area contributed by atoms with Gasteiger partial charge in [0, 0.05) is 23.1 Å². The van der Waals surface area contributed by atoms with Crippen LogP contribution < -0.4 is 4.90 Å². The third-order valence-corrected chi connectivity index (χ3v) is 5.26. The summed E-state index contributed by atoms with van der Waals surface area (Å²) in [6.45, 7) is 3.42.